The Kier molecular flexibility index (Phi) is 6.57. The van der Waals surface area contributed by atoms with Crippen LogP contribution in [0.15, 0.2) is 91.0 Å². The zero-order chi connectivity index (χ0) is 24.2. The molecule has 0 aliphatic rings. The van der Waals surface area contributed by atoms with E-state index >= 15 is 0 Å². The third-order valence-electron chi connectivity index (χ3n) is 6.33. The maximum atomic E-state index is 9.48. The van der Waals surface area contributed by atoms with Gasteiger partial charge in [0.25, 0.3) is 0 Å². The summed E-state index contributed by atoms with van der Waals surface area (Å²) in [5.41, 5.74) is 7.12. The Bertz CT molecular complexity index is 1660. The summed E-state index contributed by atoms with van der Waals surface area (Å²) in [6.07, 6.45) is 1.79. The number of nitrogens with zero attached hydrogens (tertiary/aromatic N) is 3. The van der Waals surface area contributed by atoms with Gasteiger partial charge in [-0.15, -0.1) is 11.6 Å². The fraction of sp³-hybridized carbons (Fsp3) is 0.129. The lowest BCUT2D eigenvalue weighted by atomic mass is 9.98. The summed E-state index contributed by atoms with van der Waals surface area (Å²) in [4.78, 5) is 9.32. The molecule has 2 aromatic heterocycles. The largest absolute Gasteiger partial charge is 0.248 e. The normalized spacial score (nSPS) is 10.9. The number of alkyl halides is 1. The van der Waals surface area contributed by atoms with Crippen LogP contribution in [0.3, 0.4) is 0 Å². The monoisotopic (exact) mass is 473 g/mol. The molecule has 6 aromatic rings. The summed E-state index contributed by atoms with van der Waals surface area (Å²) in [6.45, 7) is 2.10. The fourth-order valence-corrected chi connectivity index (χ4v) is 4.91. The Morgan fingerprint density at radius 2 is 1.20 bits per heavy atom. The van der Waals surface area contributed by atoms with E-state index in [0.717, 1.165) is 51.2 Å². The van der Waals surface area contributed by atoms with E-state index in [1.165, 1.54) is 21.9 Å². The van der Waals surface area contributed by atoms with Gasteiger partial charge in [0.15, 0.2) is 0 Å². The third kappa shape index (κ3) is 4.30. The Labute approximate surface area is 209 Å². The number of pyridine rings is 2. The van der Waals surface area contributed by atoms with Crippen LogP contribution < -0.4 is 0 Å². The van der Waals surface area contributed by atoms with Gasteiger partial charge in [-0.2, -0.15) is 5.26 Å². The van der Waals surface area contributed by atoms with Gasteiger partial charge in [0.05, 0.1) is 27.6 Å². The molecule has 0 N–H and O–H groups in total. The van der Waals surface area contributed by atoms with Crippen molar-refractivity contribution in [2.75, 3.05) is 5.88 Å². The van der Waals surface area contributed by atoms with Gasteiger partial charge in [-0.05, 0) is 48.2 Å². The number of aryl methyl sites for hydroxylation is 2. The lowest BCUT2D eigenvalue weighted by Crippen LogP contribution is -1.93. The van der Waals surface area contributed by atoms with Crippen LogP contribution in [0.4, 0.5) is 0 Å². The first kappa shape index (κ1) is 22.8. The van der Waals surface area contributed by atoms with E-state index in [1.54, 1.807) is 0 Å². The molecule has 0 radical (unpaired) electrons. The van der Waals surface area contributed by atoms with Gasteiger partial charge in [0, 0.05) is 27.4 Å². The van der Waals surface area contributed by atoms with E-state index < -0.39 is 0 Å². The van der Waals surface area contributed by atoms with Gasteiger partial charge in [0.2, 0.25) is 0 Å². The van der Waals surface area contributed by atoms with E-state index in [9.17, 15) is 5.26 Å². The quantitative estimate of drug-likeness (QED) is 0.193. The Balaban J connectivity index is 0.000000145. The average molecular weight is 474 g/mol. The molecule has 0 unspecified atom stereocenters. The van der Waals surface area contributed by atoms with Crippen molar-refractivity contribution in [3.8, 4) is 6.07 Å². The van der Waals surface area contributed by atoms with Crippen molar-refractivity contribution in [2.45, 2.75) is 19.8 Å². The Morgan fingerprint density at radius 3 is 1.77 bits per heavy atom. The second kappa shape index (κ2) is 10.1. The lowest BCUT2D eigenvalue weighted by molar-refractivity contribution is 1.16. The van der Waals surface area contributed by atoms with Crippen LogP contribution in [0, 0.1) is 11.3 Å². The van der Waals surface area contributed by atoms with Crippen LogP contribution in [-0.2, 0) is 12.8 Å². The van der Waals surface area contributed by atoms with Gasteiger partial charge in [-0.3, -0.25) is 0 Å². The van der Waals surface area contributed by atoms with E-state index in [4.69, 9.17) is 11.6 Å². The molecule has 0 saturated heterocycles. The van der Waals surface area contributed by atoms with Crippen molar-refractivity contribution in [3.05, 3.63) is 108 Å². The van der Waals surface area contributed by atoms with Crippen molar-refractivity contribution in [1.29, 1.82) is 5.26 Å². The van der Waals surface area contributed by atoms with Crippen molar-refractivity contribution in [2.24, 2.45) is 0 Å². The minimum absolute atomic E-state index is 0.637. The first-order chi connectivity index (χ1) is 17.2. The number of nitriles is 1. The van der Waals surface area contributed by atoms with Crippen molar-refractivity contribution >= 4 is 55.2 Å². The molecule has 0 fully saturated rings. The summed E-state index contributed by atoms with van der Waals surface area (Å²) in [5.74, 6) is 0.637. The SMILES string of the molecule is CCc1cccc2nc3ccccc3c(C#N)c12.ClCCc1c2ccccc2nc2ccccc12. The summed E-state index contributed by atoms with van der Waals surface area (Å²) >= 11 is 5.92. The second-order valence-corrected chi connectivity index (χ2v) is 8.72. The predicted molar refractivity (Wildman–Crippen MR) is 147 cm³/mol. The molecule has 0 saturated carbocycles. The molecular weight excluding hydrogens is 450 g/mol. The van der Waals surface area contributed by atoms with Gasteiger partial charge >= 0.3 is 0 Å². The number of hydrogen-bond donors (Lipinski definition) is 0. The maximum absolute atomic E-state index is 9.48. The van der Waals surface area contributed by atoms with E-state index in [0.29, 0.717) is 5.88 Å². The summed E-state index contributed by atoms with van der Waals surface area (Å²) in [5, 5.41) is 13.8. The molecular formula is C31H24ClN3. The topological polar surface area (TPSA) is 49.6 Å². The summed E-state index contributed by atoms with van der Waals surface area (Å²) < 4.78 is 0. The number of aromatic nitrogens is 2. The van der Waals surface area contributed by atoms with Crippen LogP contribution in [0.2, 0.25) is 0 Å². The lowest BCUT2D eigenvalue weighted by Gasteiger charge is -2.09. The minimum Gasteiger partial charge on any atom is -0.248 e. The number of rotatable bonds is 3. The van der Waals surface area contributed by atoms with E-state index in [2.05, 4.69) is 65.4 Å². The first-order valence-electron chi connectivity index (χ1n) is 11.8. The van der Waals surface area contributed by atoms with Crippen LogP contribution >= 0.6 is 11.6 Å². The van der Waals surface area contributed by atoms with Crippen molar-refractivity contribution in [1.82, 2.24) is 9.97 Å². The standard InChI is InChI=1S/C16H12N2.C15H12ClN/c1-2-11-6-5-9-15-16(11)13(10-17)12-7-3-4-8-14(12)18-15;16-10-9-11-12-5-1-3-7-14(12)17-15-8-4-2-6-13(11)15/h3-9H,2H2,1H3;1-8H,9-10H2. The van der Waals surface area contributed by atoms with E-state index in [1.807, 2.05) is 48.5 Å². The number of benzene rings is 4. The summed E-state index contributed by atoms with van der Waals surface area (Å²) in [7, 11) is 0. The van der Waals surface area contributed by atoms with Gasteiger partial charge in [0.1, 0.15) is 6.07 Å². The highest BCUT2D eigenvalue weighted by molar-refractivity contribution is 6.18. The molecule has 0 spiro atoms. The highest BCUT2D eigenvalue weighted by Crippen LogP contribution is 2.28. The van der Waals surface area contributed by atoms with Gasteiger partial charge < -0.3 is 0 Å². The Hall–Kier alpha value is -4.00. The van der Waals surface area contributed by atoms with Crippen LogP contribution in [0.5, 0.6) is 0 Å². The predicted octanol–water partition coefficient (Wildman–Crippen LogP) is 7.99. The molecule has 2 heterocycles. The molecule has 170 valence electrons. The third-order valence-corrected chi connectivity index (χ3v) is 6.52. The highest BCUT2D eigenvalue weighted by Gasteiger charge is 2.11. The fourth-order valence-electron chi connectivity index (χ4n) is 4.72. The van der Waals surface area contributed by atoms with Crippen molar-refractivity contribution in [3.63, 3.8) is 0 Å². The van der Waals surface area contributed by atoms with Crippen LogP contribution in [0.1, 0.15) is 23.6 Å². The molecule has 3 nitrogen and oxygen atoms in total. The first-order valence-corrected chi connectivity index (χ1v) is 12.3. The molecule has 0 atom stereocenters. The Morgan fingerprint density at radius 1 is 0.686 bits per heavy atom. The maximum Gasteiger partial charge on any atom is 0.101 e. The molecule has 6 rings (SSSR count). The molecule has 0 aliphatic heterocycles. The zero-order valence-electron chi connectivity index (χ0n) is 19.5. The number of halogens is 1. The average Bonchev–Trinajstić information content (AvgIpc) is 2.91. The molecule has 0 amide bonds. The molecule has 4 heteroatoms. The van der Waals surface area contributed by atoms with E-state index in [-0.39, 0.29) is 0 Å². The smallest absolute Gasteiger partial charge is 0.101 e. The number of fused-ring (bicyclic) bond motifs is 4. The van der Waals surface area contributed by atoms with Crippen LogP contribution in [-0.4, -0.2) is 15.8 Å². The molecule has 35 heavy (non-hydrogen) atoms. The van der Waals surface area contributed by atoms with Crippen molar-refractivity contribution < 1.29 is 0 Å². The molecule has 0 aliphatic carbocycles. The molecule has 0 bridgehead atoms. The summed E-state index contributed by atoms with van der Waals surface area (Å²) in [6, 6.07) is 32.7. The molecule has 4 aromatic carbocycles. The van der Waals surface area contributed by atoms with Gasteiger partial charge in [-0.1, -0.05) is 73.7 Å². The van der Waals surface area contributed by atoms with Gasteiger partial charge in [-0.25, -0.2) is 9.97 Å². The van der Waals surface area contributed by atoms with Crippen LogP contribution in [0.25, 0.3) is 43.6 Å². The minimum atomic E-state index is 0.637. The number of hydrogen-bond acceptors (Lipinski definition) is 3. The highest BCUT2D eigenvalue weighted by atomic mass is 35.5. The number of para-hydroxylation sites is 3. The zero-order valence-corrected chi connectivity index (χ0v) is 20.3. The second-order valence-electron chi connectivity index (χ2n) is 8.34.